The number of H-pyrrole nitrogens is 1. The summed E-state index contributed by atoms with van der Waals surface area (Å²) in [4.78, 5) is 7.15. The SMILES string of the molecule is CCC1(c2cnc[nH]2)COC1. The van der Waals surface area contributed by atoms with Gasteiger partial charge in [-0.05, 0) is 6.42 Å². The maximum absolute atomic E-state index is 5.21. The molecular weight excluding hydrogens is 140 g/mol. The molecule has 3 heteroatoms. The van der Waals surface area contributed by atoms with Gasteiger partial charge in [0.1, 0.15) is 0 Å². The van der Waals surface area contributed by atoms with Crippen molar-refractivity contribution in [3.8, 4) is 0 Å². The van der Waals surface area contributed by atoms with Crippen LogP contribution in [0.1, 0.15) is 19.0 Å². The Labute approximate surface area is 65.8 Å². The van der Waals surface area contributed by atoms with Crippen LogP contribution in [0.2, 0.25) is 0 Å². The van der Waals surface area contributed by atoms with Gasteiger partial charge in [-0.15, -0.1) is 0 Å². The average Bonchev–Trinajstić information content (AvgIpc) is 2.39. The van der Waals surface area contributed by atoms with Gasteiger partial charge in [0.05, 0.1) is 25.0 Å². The summed E-state index contributed by atoms with van der Waals surface area (Å²) >= 11 is 0. The van der Waals surface area contributed by atoms with Gasteiger partial charge in [0.2, 0.25) is 0 Å². The van der Waals surface area contributed by atoms with E-state index in [-0.39, 0.29) is 5.41 Å². The summed E-state index contributed by atoms with van der Waals surface area (Å²) in [5.41, 5.74) is 1.46. The van der Waals surface area contributed by atoms with E-state index in [1.165, 1.54) is 5.69 Å². The highest BCUT2D eigenvalue weighted by molar-refractivity contribution is 5.16. The normalized spacial score (nSPS) is 21.2. The van der Waals surface area contributed by atoms with Crippen LogP contribution in [0.15, 0.2) is 12.5 Å². The van der Waals surface area contributed by atoms with Gasteiger partial charge < -0.3 is 9.72 Å². The van der Waals surface area contributed by atoms with Crippen LogP contribution >= 0.6 is 0 Å². The van der Waals surface area contributed by atoms with Gasteiger partial charge in [-0.3, -0.25) is 0 Å². The minimum Gasteiger partial charge on any atom is -0.379 e. The lowest BCUT2D eigenvalue weighted by atomic mass is 9.80. The number of nitrogens with zero attached hydrogens (tertiary/aromatic N) is 1. The Morgan fingerprint density at radius 1 is 1.73 bits per heavy atom. The topological polar surface area (TPSA) is 37.9 Å². The molecule has 0 amide bonds. The van der Waals surface area contributed by atoms with Gasteiger partial charge in [-0.2, -0.15) is 0 Å². The molecule has 0 spiro atoms. The summed E-state index contributed by atoms with van der Waals surface area (Å²) < 4.78 is 5.21. The van der Waals surface area contributed by atoms with Gasteiger partial charge in [0, 0.05) is 11.9 Å². The molecule has 0 unspecified atom stereocenters. The lowest BCUT2D eigenvalue weighted by Crippen LogP contribution is -2.46. The first-order valence-electron chi connectivity index (χ1n) is 3.94. The Bertz CT molecular complexity index is 221. The van der Waals surface area contributed by atoms with Crippen molar-refractivity contribution in [3.63, 3.8) is 0 Å². The molecule has 0 aromatic carbocycles. The number of nitrogens with one attached hydrogen (secondary N) is 1. The van der Waals surface area contributed by atoms with E-state index in [1.54, 1.807) is 6.33 Å². The maximum atomic E-state index is 5.21. The summed E-state index contributed by atoms with van der Waals surface area (Å²) in [6.07, 6.45) is 4.74. The first kappa shape index (κ1) is 6.85. The third-order valence-electron chi connectivity index (χ3n) is 2.50. The molecule has 0 atom stereocenters. The second kappa shape index (κ2) is 2.34. The second-order valence-electron chi connectivity index (χ2n) is 3.09. The molecule has 1 saturated heterocycles. The van der Waals surface area contributed by atoms with Crippen LogP contribution in [0.4, 0.5) is 0 Å². The molecule has 1 N–H and O–H groups in total. The predicted octanol–water partition coefficient (Wildman–Crippen LogP) is 1.09. The number of hydrogen-bond donors (Lipinski definition) is 1. The van der Waals surface area contributed by atoms with Crippen molar-refractivity contribution in [2.75, 3.05) is 13.2 Å². The van der Waals surface area contributed by atoms with Crippen LogP contribution in [0.25, 0.3) is 0 Å². The van der Waals surface area contributed by atoms with E-state index >= 15 is 0 Å². The lowest BCUT2D eigenvalue weighted by molar-refractivity contribution is -0.0639. The van der Waals surface area contributed by atoms with Gasteiger partial charge in [0.25, 0.3) is 0 Å². The van der Waals surface area contributed by atoms with E-state index in [0.717, 1.165) is 19.6 Å². The van der Waals surface area contributed by atoms with Crippen LogP contribution in [0.5, 0.6) is 0 Å². The Morgan fingerprint density at radius 2 is 2.55 bits per heavy atom. The quantitative estimate of drug-likeness (QED) is 0.688. The zero-order valence-corrected chi connectivity index (χ0v) is 6.63. The van der Waals surface area contributed by atoms with Crippen molar-refractivity contribution in [1.29, 1.82) is 0 Å². The highest BCUT2D eigenvalue weighted by Gasteiger charge is 2.39. The smallest absolute Gasteiger partial charge is 0.0921 e. The summed E-state index contributed by atoms with van der Waals surface area (Å²) in [7, 11) is 0. The molecule has 1 aromatic heterocycles. The fourth-order valence-corrected chi connectivity index (χ4v) is 1.44. The number of hydrogen-bond acceptors (Lipinski definition) is 2. The molecule has 2 rings (SSSR count). The fourth-order valence-electron chi connectivity index (χ4n) is 1.44. The fraction of sp³-hybridized carbons (Fsp3) is 0.625. The number of ether oxygens (including phenoxy) is 1. The Kier molecular flexibility index (Phi) is 1.46. The van der Waals surface area contributed by atoms with Crippen molar-refractivity contribution in [2.45, 2.75) is 18.8 Å². The van der Waals surface area contributed by atoms with Gasteiger partial charge in [-0.25, -0.2) is 4.98 Å². The third kappa shape index (κ3) is 0.878. The Hall–Kier alpha value is -0.830. The molecule has 1 aliphatic heterocycles. The summed E-state index contributed by atoms with van der Waals surface area (Å²) in [6.45, 7) is 3.86. The van der Waals surface area contributed by atoms with Crippen LogP contribution in [-0.2, 0) is 10.2 Å². The first-order chi connectivity index (χ1) is 5.37. The van der Waals surface area contributed by atoms with E-state index in [1.807, 2.05) is 6.20 Å². The van der Waals surface area contributed by atoms with E-state index in [9.17, 15) is 0 Å². The molecule has 0 radical (unpaired) electrons. The predicted molar refractivity (Wildman–Crippen MR) is 41.4 cm³/mol. The van der Waals surface area contributed by atoms with E-state index < -0.39 is 0 Å². The number of aromatic amines is 1. The number of aromatic nitrogens is 2. The zero-order valence-electron chi connectivity index (χ0n) is 6.63. The lowest BCUT2D eigenvalue weighted by Gasteiger charge is -2.39. The number of rotatable bonds is 2. The monoisotopic (exact) mass is 152 g/mol. The molecule has 0 saturated carbocycles. The van der Waals surface area contributed by atoms with Gasteiger partial charge in [0.15, 0.2) is 0 Å². The highest BCUT2D eigenvalue weighted by atomic mass is 16.5. The summed E-state index contributed by atoms with van der Waals surface area (Å²) in [6, 6.07) is 0. The molecule has 3 nitrogen and oxygen atoms in total. The maximum Gasteiger partial charge on any atom is 0.0921 e. The van der Waals surface area contributed by atoms with E-state index in [0.29, 0.717) is 0 Å². The van der Waals surface area contributed by atoms with Crippen molar-refractivity contribution in [2.24, 2.45) is 0 Å². The third-order valence-corrected chi connectivity index (χ3v) is 2.50. The van der Waals surface area contributed by atoms with Gasteiger partial charge >= 0.3 is 0 Å². The van der Waals surface area contributed by atoms with Crippen molar-refractivity contribution in [1.82, 2.24) is 9.97 Å². The van der Waals surface area contributed by atoms with Crippen LogP contribution in [-0.4, -0.2) is 23.2 Å². The summed E-state index contributed by atoms with van der Waals surface area (Å²) in [5, 5.41) is 0. The van der Waals surface area contributed by atoms with Gasteiger partial charge in [-0.1, -0.05) is 6.92 Å². The van der Waals surface area contributed by atoms with Crippen molar-refractivity contribution in [3.05, 3.63) is 18.2 Å². The number of imidazole rings is 1. The largest absolute Gasteiger partial charge is 0.379 e. The minimum atomic E-state index is 0.247. The average molecular weight is 152 g/mol. The van der Waals surface area contributed by atoms with Crippen LogP contribution in [0.3, 0.4) is 0 Å². The standard InChI is InChI=1S/C8H12N2O/c1-2-8(4-11-5-8)7-3-9-6-10-7/h3,6H,2,4-5H2,1H3,(H,9,10). The Balaban J connectivity index is 2.25. The molecule has 0 bridgehead atoms. The molecule has 11 heavy (non-hydrogen) atoms. The van der Waals surface area contributed by atoms with Crippen LogP contribution < -0.4 is 0 Å². The van der Waals surface area contributed by atoms with E-state index in [2.05, 4.69) is 16.9 Å². The molecule has 60 valence electrons. The first-order valence-corrected chi connectivity index (χ1v) is 3.94. The van der Waals surface area contributed by atoms with Crippen LogP contribution in [0, 0.1) is 0 Å². The molecular formula is C8H12N2O. The molecule has 1 aromatic rings. The van der Waals surface area contributed by atoms with Crippen molar-refractivity contribution < 1.29 is 4.74 Å². The summed E-state index contributed by atoms with van der Waals surface area (Å²) in [5.74, 6) is 0. The molecule has 1 aliphatic rings. The minimum absolute atomic E-state index is 0.247. The highest BCUT2D eigenvalue weighted by Crippen LogP contribution is 2.33. The molecule has 1 fully saturated rings. The molecule has 2 heterocycles. The second-order valence-corrected chi connectivity index (χ2v) is 3.09. The zero-order chi connectivity index (χ0) is 7.73. The van der Waals surface area contributed by atoms with E-state index in [4.69, 9.17) is 4.74 Å². The Morgan fingerprint density at radius 3 is 2.91 bits per heavy atom. The van der Waals surface area contributed by atoms with Crippen molar-refractivity contribution >= 4 is 0 Å². The molecule has 0 aliphatic carbocycles.